The largest absolute Gasteiger partial charge is 0.492 e. The van der Waals surface area contributed by atoms with Crippen molar-refractivity contribution >= 4 is 11.3 Å². The molecule has 0 saturated carbocycles. The first-order valence-corrected chi connectivity index (χ1v) is 6.80. The van der Waals surface area contributed by atoms with Crippen LogP contribution in [0.3, 0.4) is 0 Å². The molecule has 6 heteroatoms. The van der Waals surface area contributed by atoms with Gasteiger partial charge in [-0.1, -0.05) is 0 Å². The molecule has 2 aromatic rings. The lowest BCUT2D eigenvalue weighted by molar-refractivity contribution is -0.137. The topological polar surface area (TPSA) is 35.2 Å². The van der Waals surface area contributed by atoms with Crippen LogP contribution in [0.4, 0.5) is 13.2 Å². The maximum absolute atomic E-state index is 12.4. The number of nitrogens with two attached hydrogens (primary N) is 1. The van der Waals surface area contributed by atoms with Crippen molar-refractivity contribution in [2.24, 2.45) is 5.73 Å². The van der Waals surface area contributed by atoms with Crippen LogP contribution in [-0.4, -0.2) is 6.61 Å². The lowest BCUT2D eigenvalue weighted by atomic mass is 10.2. The Labute approximate surface area is 119 Å². The molecule has 1 aromatic heterocycles. The van der Waals surface area contributed by atoms with E-state index in [2.05, 4.69) is 0 Å². The molecular weight excluding hydrogens is 287 g/mol. The number of benzene rings is 1. The van der Waals surface area contributed by atoms with Crippen LogP contribution < -0.4 is 10.5 Å². The number of thiophene rings is 1. The van der Waals surface area contributed by atoms with Gasteiger partial charge in [-0.2, -0.15) is 13.2 Å². The van der Waals surface area contributed by atoms with Gasteiger partial charge in [0.1, 0.15) is 12.4 Å². The highest BCUT2D eigenvalue weighted by atomic mass is 32.1. The number of hydrogen-bond donors (Lipinski definition) is 1. The van der Waals surface area contributed by atoms with Crippen LogP contribution in [0.25, 0.3) is 0 Å². The van der Waals surface area contributed by atoms with Crippen LogP contribution in [-0.2, 0) is 6.18 Å². The van der Waals surface area contributed by atoms with E-state index in [0.29, 0.717) is 5.75 Å². The SMILES string of the molecule is Cc1ccc(C(N)COc2ccc(C(F)(F)F)cc2)s1. The van der Waals surface area contributed by atoms with Gasteiger partial charge in [0.05, 0.1) is 11.6 Å². The fraction of sp³-hybridized carbons (Fsp3) is 0.286. The monoisotopic (exact) mass is 301 g/mol. The predicted octanol–water partition coefficient (Wildman–Crippen LogP) is 4.15. The van der Waals surface area contributed by atoms with E-state index >= 15 is 0 Å². The Bertz CT molecular complexity index is 563. The van der Waals surface area contributed by atoms with E-state index in [1.807, 2.05) is 19.1 Å². The van der Waals surface area contributed by atoms with Crippen molar-refractivity contribution in [2.45, 2.75) is 19.1 Å². The molecule has 0 spiro atoms. The summed E-state index contributed by atoms with van der Waals surface area (Å²) < 4.78 is 42.6. The van der Waals surface area contributed by atoms with E-state index in [-0.39, 0.29) is 12.6 Å². The Kier molecular flexibility index (Phi) is 4.35. The van der Waals surface area contributed by atoms with Crippen molar-refractivity contribution in [1.82, 2.24) is 0 Å². The second-order valence-corrected chi connectivity index (χ2v) is 5.71. The normalized spacial score (nSPS) is 13.2. The molecule has 0 saturated heterocycles. The zero-order valence-corrected chi connectivity index (χ0v) is 11.6. The molecule has 108 valence electrons. The van der Waals surface area contributed by atoms with Crippen molar-refractivity contribution in [3.63, 3.8) is 0 Å². The third-order valence-corrected chi connectivity index (χ3v) is 3.87. The van der Waals surface area contributed by atoms with Gasteiger partial charge in [-0.3, -0.25) is 0 Å². The van der Waals surface area contributed by atoms with Crippen LogP contribution in [0.1, 0.15) is 21.4 Å². The molecule has 0 radical (unpaired) electrons. The third kappa shape index (κ3) is 3.74. The Hall–Kier alpha value is -1.53. The summed E-state index contributed by atoms with van der Waals surface area (Å²) in [7, 11) is 0. The van der Waals surface area contributed by atoms with Gasteiger partial charge in [0, 0.05) is 9.75 Å². The standard InChI is InChI=1S/C14H14F3NOS/c1-9-2-7-13(20-9)12(18)8-19-11-5-3-10(4-6-11)14(15,16)17/h2-7,12H,8,18H2,1H3. The zero-order chi connectivity index (χ0) is 14.8. The van der Waals surface area contributed by atoms with Crippen LogP contribution in [0, 0.1) is 6.92 Å². The minimum atomic E-state index is -4.33. The van der Waals surface area contributed by atoms with Crippen molar-refractivity contribution in [1.29, 1.82) is 0 Å². The van der Waals surface area contributed by atoms with Crippen molar-refractivity contribution in [3.05, 3.63) is 51.7 Å². The number of halogens is 3. The highest BCUT2D eigenvalue weighted by Gasteiger charge is 2.30. The molecule has 0 bridgehead atoms. The van der Waals surface area contributed by atoms with Crippen LogP contribution in [0.2, 0.25) is 0 Å². The van der Waals surface area contributed by atoms with Gasteiger partial charge < -0.3 is 10.5 Å². The fourth-order valence-corrected chi connectivity index (χ4v) is 2.52. The molecule has 2 N–H and O–H groups in total. The summed E-state index contributed by atoms with van der Waals surface area (Å²) in [5.41, 5.74) is 5.27. The first-order chi connectivity index (χ1) is 9.36. The second-order valence-electron chi connectivity index (χ2n) is 4.39. The van der Waals surface area contributed by atoms with Gasteiger partial charge in [0.25, 0.3) is 0 Å². The van der Waals surface area contributed by atoms with Gasteiger partial charge in [-0.15, -0.1) is 11.3 Å². The number of ether oxygens (including phenoxy) is 1. The van der Waals surface area contributed by atoms with Crippen molar-refractivity contribution in [3.8, 4) is 5.75 Å². The summed E-state index contributed by atoms with van der Waals surface area (Å²) in [6, 6.07) is 8.21. The molecule has 2 rings (SSSR count). The van der Waals surface area contributed by atoms with Gasteiger partial charge in [-0.05, 0) is 43.3 Å². The van der Waals surface area contributed by atoms with E-state index in [0.717, 1.165) is 21.9 Å². The molecule has 20 heavy (non-hydrogen) atoms. The number of hydrogen-bond acceptors (Lipinski definition) is 3. The maximum atomic E-state index is 12.4. The highest BCUT2D eigenvalue weighted by Crippen LogP contribution is 2.30. The molecule has 0 aliphatic rings. The second kappa shape index (κ2) is 5.85. The molecular formula is C14H14F3NOS. The lowest BCUT2D eigenvalue weighted by Crippen LogP contribution is -2.17. The molecule has 0 aliphatic heterocycles. The zero-order valence-electron chi connectivity index (χ0n) is 10.8. The Morgan fingerprint density at radius 3 is 2.30 bits per heavy atom. The predicted molar refractivity (Wildman–Crippen MR) is 72.9 cm³/mol. The number of aryl methyl sites for hydroxylation is 1. The average Bonchev–Trinajstić information content (AvgIpc) is 2.82. The molecule has 1 unspecified atom stereocenters. The summed E-state index contributed by atoms with van der Waals surface area (Å²) in [6.45, 7) is 2.21. The van der Waals surface area contributed by atoms with Crippen molar-refractivity contribution < 1.29 is 17.9 Å². The van der Waals surface area contributed by atoms with Crippen LogP contribution in [0.5, 0.6) is 5.75 Å². The summed E-state index contributed by atoms with van der Waals surface area (Å²) in [6.07, 6.45) is -4.33. The summed E-state index contributed by atoms with van der Waals surface area (Å²) >= 11 is 1.58. The first-order valence-electron chi connectivity index (χ1n) is 5.98. The lowest BCUT2D eigenvalue weighted by Gasteiger charge is -2.12. The Morgan fingerprint density at radius 2 is 1.80 bits per heavy atom. The summed E-state index contributed by atoms with van der Waals surface area (Å²) in [4.78, 5) is 2.15. The first kappa shape index (κ1) is 14.9. The third-order valence-electron chi connectivity index (χ3n) is 2.74. The minimum Gasteiger partial charge on any atom is -0.492 e. The molecule has 1 heterocycles. The summed E-state index contributed by atoms with van der Waals surface area (Å²) in [5.74, 6) is 0.377. The number of rotatable bonds is 4. The molecule has 0 fully saturated rings. The van der Waals surface area contributed by atoms with Gasteiger partial charge in [-0.25, -0.2) is 0 Å². The fourth-order valence-electron chi connectivity index (χ4n) is 1.66. The quantitative estimate of drug-likeness (QED) is 0.920. The van der Waals surface area contributed by atoms with E-state index < -0.39 is 11.7 Å². The smallest absolute Gasteiger partial charge is 0.416 e. The molecule has 0 amide bonds. The van der Waals surface area contributed by atoms with E-state index in [1.54, 1.807) is 11.3 Å². The van der Waals surface area contributed by atoms with Crippen LogP contribution >= 0.6 is 11.3 Å². The molecule has 1 atom stereocenters. The Balaban J connectivity index is 1.94. The van der Waals surface area contributed by atoms with Gasteiger partial charge in [0.2, 0.25) is 0 Å². The summed E-state index contributed by atoms with van der Waals surface area (Å²) in [5, 5.41) is 0. The van der Waals surface area contributed by atoms with E-state index in [1.165, 1.54) is 12.1 Å². The van der Waals surface area contributed by atoms with Crippen LogP contribution in [0.15, 0.2) is 36.4 Å². The minimum absolute atomic E-state index is 0.227. The molecule has 0 aliphatic carbocycles. The number of alkyl halides is 3. The van der Waals surface area contributed by atoms with Crippen molar-refractivity contribution in [2.75, 3.05) is 6.61 Å². The van der Waals surface area contributed by atoms with E-state index in [4.69, 9.17) is 10.5 Å². The average molecular weight is 301 g/mol. The molecule has 2 nitrogen and oxygen atoms in total. The highest BCUT2D eigenvalue weighted by molar-refractivity contribution is 7.12. The molecule has 1 aromatic carbocycles. The van der Waals surface area contributed by atoms with Gasteiger partial charge in [0.15, 0.2) is 0 Å². The van der Waals surface area contributed by atoms with E-state index in [9.17, 15) is 13.2 Å². The maximum Gasteiger partial charge on any atom is 0.416 e. The Morgan fingerprint density at radius 1 is 1.15 bits per heavy atom. The van der Waals surface area contributed by atoms with Gasteiger partial charge >= 0.3 is 6.18 Å².